The van der Waals surface area contributed by atoms with Gasteiger partial charge in [0.25, 0.3) is 0 Å². The molecule has 0 unspecified atom stereocenters. The number of ether oxygens (including phenoxy) is 1. The van der Waals surface area contributed by atoms with Crippen molar-refractivity contribution in [3.8, 4) is 0 Å². The molecular weight excluding hydrogens is 414 g/mol. The van der Waals surface area contributed by atoms with E-state index in [4.69, 9.17) is 4.74 Å². The molecule has 0 saturated carbocycles. The van der Waals surface area contributed by atoms with Gasteiger partial charge < -0.3 is 19.5 Å². The molecule has 12 heteroatoms. The van der Waals surface area contributed by atoms with Crippen molar-refractivity contribution in [2.24, 2.45) is 0 Å². The predicted molar refractivity (Wildman–Crippen MR) is 116 cm³/mol. The van der Waals surface area contributed by atoms with Gasteiger partial charge in [-0.1, -0.05) is 6.58 Å². The third kappa shape index (κ3) is 4.85. The highest BCUT2D eigenvalue weighted by Crippen LogP contribution is 2.19. The van der Waals surface area contributed by atoms with Crippen LogP contribution in [0.25, 0.3) is 0 Å². The lowest BCUT2D eigenvalue weighted by atomic mass is 10.2. The van der Waals surface area contributed by atoms with Gasteiger partial charge in [0, 0.05) is 32.4 Å². The fourth-order valence-corrected chi connectivity index (χ4v) is 3.64. The van der Waals surface area contributed by atoms with E-state index >= 15 is 0 Å². The third-order valence-corrected chi connectivity index (χ3v) is 5.40. The topological polar surface area (TPSA) is 122 Å². The number of cyclic esters (lactones) is 1. The number of aromatic nitrogens is 5. The van der Waals surface area contributed by atoms with Crippen LogP contribution < -0.4 is 10.2 Å². The van der Waals surface area contributed by atoms with Gasteiger partial charge in [0.15, 0.2) is 0 Å². The van der Waals surface area contributed by atoms with Crippen molar-refractivity contribution < 1.29 is 14.3 Å². The summed E-state index contributed by atoms with van der Waals surface area (Å²) in [5, 5.41) is 3.24. The van der Waals surface area contributed by atoms with Crippen molar-refractivity contribution in [1.29, 1.82) is 0 Å². The van der Waals surface area contributed by atoms with E-state index in [0.717, 1.165) is 18.8 Å². The van der Waals surface area contributed by atoms with Gasteiger partial charge in [0.2, 0.25) is 17.8 Å². The molecular formula is C20H27N9O3. The highest BCUT2D eigenvalue weighted by Gasteiger charge is 2.27. The molecule has 0 aliphatic carbocycles. The standard InChI is InChI=1S/C20H27N9O3/c1-4-17(30)28-7-5-26(6-8-28)13-27-11-16(21-12-27)14(2)22-18-23-15(3)24-19(25-18)29-9-10-32-20(29)31/h4,11-12,14H,1,5-10,13H2,2-3H3,(H,22,23,24,25)/t14-/m0/s1. The van der Waals surface area contributed by atoms with Crippen molar-refractivity contribution in [2.75, 3.05) is 49.5 Å². The number of nitrogens with zero attached hydrogens (tertiary/aromatic N) is 8. The average molecular weight is 441 g/mol. The van der Waals surface area contributed by atoms with Gasteiger partial charge in [0.05, 0.1) is 31.3 Å². The van der Waals surface area contributed by atoms with Gasteiger partial charge in [-0.25, -0.2) is 14.7 Å². The fourth-order valence-electron chi connectivity index (χ4n) is 3.64. The SMILES string of the molecule is C=CC(=O)N1CCN(Cn2cnc([C@H](C)Nc3nc(C)nc(N4CCOC4=O)n3)c2)CC1. The van der Waals surface area contributed by atoms with Gasteiger partial charge in [0.1, 0.15) is 12.4 Å². The summed E-state index contributed by atoms with van der Waals surface area (Å²) in [6.45, 7) is 11.7. The first-order valence-electron chi connectivity index (χ1n) is 10.5. The second-order valence-corrected chi connectivity index (χ2v) is 7.74. The summed E-state index contributed by atoms with van der Waals surface area (Å²) >= 11 is 0. The molecule has 12 nitrogen and oxygen atoms in total. The maximum Gasteiger partial charge on any atom is 0.416 e. The highest BCUT2D eigenvalue weighted by molar-refractivity contribution is 5.87. The largest absolute Gasteiger partial charge is 0.447 e. The minimum absolute atomic E-state index is 0.0205. The number of aryl methyl sites for hydroxylation is 1. The molecule has 0 aromatic carbocycles. The second kappa shape index (κ2) is 9.30. The summed E-state index contributed by atoms with van der Waals surface area (Å²) in [5.41, 5.74) is 0.839. The lowest BCUT2D eigenvalue weighted by molar-refractivity contribution is -0.127. The molecule has 1 atom stereocenters. The Morgan fingerprint density at radius 3 is 2.72 bits per heavy atom. The van der Waals surface area contributed by atoms with Crippen LogP contribution in [0.2, 0.25) is 0 Å². The smallest absolute Gasteiger partial charge is 0.416 e. The molecule has 170 valence electrons. The van der Waals surface area contributed by atoms with Gasteiger partial charge in [-0.15, -0.1) is 0 Å². The van der Waals surface area contributed by atoms with Crippen LogP contribution in [0.4, 0.5) is 16.7 Å². The minimum atomic E-state index is -0.456. The van der Waals surface area contributed by atoms with Crippen LogP contribution in [0.5, 0.6) is 0 Å². The number of nitrogens with one attached hydrogen (secondary N) is 1. The van der Waals surface area contributed by atoms with Crippen LogP contribution >= 0.6 is 0 Å². The maximum absolute atomic E-state index is 11.8. The Kier molecular flexibility index (Phi) is 6.30. The van der Waals surface area contributed by atoms with E-state index in [9.17, 15) is 9.59 Å². The second-order valence-electron chi connectivity index (χ2n) is 7.74. The molecule has 2 aliphatic heterocycles. The molecule has 2 amide bonds. The first-order valence-corrected chi connectivity index (χ1v) is 10.5. The number of piperazine rings is 1. The number of amides is 2. The number of carbonyl (C=O) groups excluding carboxylic acids is 2. The Hall–Kier alpha value is -3.54. The van der Waals surface area contributed by atoms with Crippen LogP contribution in [0.1, 0.15) is 24.5 Å². The zero-order valence-electron chi connectivity index (χ0n) is 18.3. The molecule has 0 spiro atoms. The van der Waals surface area contributed by atoms with Crippen LogP contribution in [-0.2, 0) is 16.2 Å². The summed E-state index contributed by atoms with van der Waals surface area (Å²) in [6, 6.07) is -0.154. The van der Waals surface area contributed by atoms with E-state index in [2.05, 4.69) is 36.7 Å². The Morgan fingerprint density at radius 1 is 1.25 bits per heavy atom. The van der Waals surface area contributed by atoms with Crippen molar-refractivity contribution in [1.82, 2.24) is 34.3 Å². The van der Waals surface area contributed by atoms with E-state index in [1.54, 1.807) is 13.3 Å². The van der Waals surface area contributed by atoms with Crippen LogP contribution in [0.3, 0.4) is 0 Å². The molecule has 2 aliphatic rings. The molecule has 32 heavy (non-hydrogen) atoms. The van der Waals surface area contributed by atoms with Crippen molar-refractivity contribution in [2.45, 2.75) is 26.6 Å². The molecule has 4 heterocycles. The van der Waals surface area contributed by atoms with E-state index in [1.165, 1.54) is 11.0 Å². The number of imidazole rings is 1. The summed E-state index contributed by atoms with van der Waals surface area (Å²) in [4.78, 5) is 46.5. The molecule has 4 rings (SSSR count). The Bertz CT molecular complexity index is 1000. The molecule has 2 fully saturated rings. The first kappa shape index (κ1) is 21.7. The van der Waals surface area contributed by atoms with E-state index < -0.39 is 6.09 Å². The third-order valence-electron chi connectivity index (χ3n) is 5.40. The molecule has 0 radical (unpaired) electrons. The van der Waals surface area contributed by atoms with Crippen LogP contribution in [0.15, 0.2) is 25.2 Å². The quantitative estimate of drug-likeness (QED) is 0.622. The van der Waals surface area contributed by atoms with Gasteiger partial charge >= 0.3 is 6.09 Å². The number of hydrogen-bond acceptors (Lipinski definition) is 9. The van der Waals surface area contributed by atoms with Crippen molar-refractivity contribution in [3.63, 3.8) is 0 Å². The van der Waals surface area contributed by atoms with Crippen LogP contribution in [0, 0.1) is 6.92 Å². The zero-order valence-corrected chi connectivity index (χ0v) is 18.3. The van der Waals surface area contributed by atoms with Crippen LogP contribution in [-0.4, -0.2) is 85.6 Å². The Labute approximate surface area is 185 Å². The Morgan fingerprint density at radius 2 is 2.03 bits per heavy atom. The van der Waals surface area contributed by atoms with Crippen molar-refractivity contribution in [3.05, 3.63) is 36.7 Å². The number of anilines is 2. The number of hydrogen-bond donors (Lipinski definition) is 1. The van der Waals surface area contributed by atoms with E-state index in [1.807, 2.05) is 22.6 Å². The molecule has 0 bridgehead atoms. The average Bonchev–Trinajstić information content (AvgIpc) is 3.42. The van der Waals surface area contributed by atoms with Gasteiger partial charge in [-0.3, -0.25) is 9.69 Å². The van der Waals surface area contributed by atoms with Gasteiger partial charge in [-0.2, -0.15) is 15.0 Å². The molecule has 1 N–H and O–H groups in total. The monoisotopic (exact) mass is 441 g/mol. The van der Waals surface area contributed by atoms with E-state index in [-0.39, 0.29) is 17.9 Å². The minimum Gasteiger partial charge on any atom is -0.447 e. The lowest BCUT2D eigenvalue weighted by Gasteiger charge is -2.34. The maximum atomic E-state index is 11.8. The lowest BCUT2D eigenvalue weighted by Crippen LogP contribution is -2.48. The number of rotatable bonds is 7. The predicted octanol–water partition coefficient (Wildman–Crippen LogP) is 0.794. The Balaban J connectivity index is 1.36. The zero-order chi connectivity index (χ0) is 22.7. The molecule has 2 saturated heterocycles. The first-order chi connectivity index (χ1) is 15.4. The van der Waals surface area contributed by atoms with Crippen molar-refractivity contribution >= 4 is 23.9 Å². The molecule has 2 aromatic rings. The summed E-state index contributed by atoms with van der Waals surface area (Å²) in [7, 11) is 0. The summed E-state index contributed by atoms with van der Waals surface area (Å²) in [5.74, 6) is 1.13. The fraction of sp³-hybridized carbons (Fsp3) is 0.500. The molecule has 2 aromatic heterocycles. The normalized spacial score (nSPS) is 17.9. The summed E-state index contributed by atoms with van der Waals surface area (Å²) < 4.78 is 6.98. The summed E-state index contributed by atoms with van der Waals surface area (Å²) in [6.07, 6.45) is 4.67. The number of carbonyl (C=O) groups is 2. The van der Waals surface area contributed by atoms with Gasteiger partial charge in [-0.05, 0) is 19.9 Å². The van der Waals surface area contributed by atoms with E-state index in [0.29, 0.717) is 44.7 Å². The highest BCUT2D eigenvalue weighted by atomic mass is 16.6.